The van der Waals surface area contributed by atoms with Gasteiger partial charge in [0.05, 0.1) is 14.9 Å². The number of aliphatic carboxylic acids is 1. The molecule has 6 aromatic rings. The van der Waals surface area contributed by atoms with Crippen LogP contribution in [0.4, 0.5) is 4.79 Å². The number of nitrogens with two attached hydrogens (primary N) is 1. The summed E-state index contributed by atoms with van der Waals surface area (Å²) in [6.07, 6.45) is 1.15. The minimum atomic E-state index is -2.36. The van der Waals surface area contributed by atoms with E-state index in [-0.39, 0.29) is 11.5 Å². The molecule has 68 heavy (non-hydrogen) atoms. The maximum absolute atomic E-state index is 15.4. The van der Waals surface area contributed by atoms with Gasteiger partial charge in [-0.15, -0.1) is 23.5 Å². The van der Waals surface area contributed by atoms with Gasteiger partial charge in [0, 0.05) is 17.5 Å². The van der Waals surface area contributed by atoms with Crippen molar-refractivity contribution in [1.29, 1.82) is 0 Å². The number of rotatable bonds is 19. The summed E-state index contributed by atoms with van der Waals surface area (Å²) in [4.78, 5) is 57.7. The Hall–Kier alpha value is -6.14. The van der Waals surface area contributed by atoms with E-state index in [4.69, 9.17) is 10.5 Å². The summed E-state index contributed by atoms with van der Waals surface area (Å²) in [5.41, 5.74) is 8.13. The maximum Gasteiger partial charge on any atom is 0.408 e. The average Bonchev–Trinajstić information content (AvgIpc) is 3.87. The zero-order chi connectivity index (χ0) is 48.4. The minimum absolute atomic E-state index is 0.0879. The van der Waals surface area contributed by atoms with Crippen LogP contribution >= 0.6 is 23.5 Å². The first kappa shape index (κ1) is 49.8. The standard InChI is InChI=1S/C57H61N3O6S2/c1-41(59-49(61)48(60-52(65)66-53(2,3)4)39-67-56(42-25-11-5-12-26-42,43-27-13-6-14-28-43)44-29-15-7-16-30-44)54(37-23-24-38-54)50(62)55(58,51(63)64)40-68-57(45-31-17-8-18-32-45,46-33-19-9-20-34-46)47-35-21-10-22-36-47/h5-22,25-36,41,48H,23-24,37-40,58H2,1-4H3,(H,59,61)(H,60,65)(H,63,64)/t41?,48-,55+/m0/s1. The molecule has 0 radical (unpaired) electrons. The predicted molar refractivity (Wildman–Crippen MR) is 275 cm³/mol. The number of carboxylic acid groups (broad SMARTS) is 1. The molecule has 5 N–H and O–H groups in total. The highest BCUT2D eigenvalue weighted by Crippen LogP contribution is 2.52. The molecule has 2 amide bonds. The Morgan fingerprint density at radius 1 is 0.588 bits per heavy atom. The lowest BCUT2D eigenvalue weighted by molar-refractivity contribution is -0.151. The van der Waals surface area contributed by atoms with Crippen LogP contribution < -0.4 is 16.4 Å². The van der Waals surface area contributed by atoms with Crippen LogP contribution in [0.5, 0.6) is 0 Å². The molecule has 0 spiro atoms. The lowest BCUT2D eigenvalue weighted by atomic mass is 9.69. The molecule has 1 aliphatic rings. The summed E-state index contributed by atoms with van der Waals surface area (Å²) in [5.74, 6) is -2.81. The normalized spacial score (nSPS) is 15.5. The van der Waals surface area contributed by atoms with Gasteiger partial charge >= 0.3 is 12.1 Å². The third-order valence-corrected chi connectivity index (χ3v) is 16.4. The van der Waals surface area contributed by atoms with Gasteiger partial charge in [0.1, 0.15) is 11.6 Å². The van der Waals surface area contributed by atoms with Crippen molar-refractivity contribution in [3.05, 3.63) is 215 Å². The molecule has 6 aromatic carbocycles. The molecule has 0 heterocycles. The quantitative estimate of drug-likeness (QED) is 0.0460. The van der Waals surface area contributed by atoms with Crippen molar-refractivity contribution in [3.63, 3.8) is 0 Å². The molecule has 0 bridgehead atoms. The fourth-order valence-electron chi connectivity index (χ4n) is 9.58. The smallest absolute Gasteiger partial charge is 0.408 e. The molecular weight excluding hydrogens is 887 g/mol. The maximum atomic E-state index is 15.4. The highest BCUT2D eigenvalue weighted by Gasteiger charge is 2.57. The number of thioether (sulfide) groups is 2. The summed E-state index contributed by atoms with van der Waals surface area (Å²) in [7, 11) is 0. The summed E-state index contributed by atoms with van der Waals surface area (Å²) in [6, 6.07) is 57.6. The van der Waals surface area contributed by atoms with E-state index in [1.807, 2.05) is 146 Å². The monoisotopic (exact) mass is 947 g/mol. The molecule has 1 saturated carbocycles. The van der Waals surface area contributed by atoms with Crippen molar-refractivity contribution in [2.45, 2.75) is 86.1 Å². The van der Waals surface area contributed by atoms with E-state index in [1.165, 1.54) is 23.5 Å². The van der Waals surface area contributed by atoms with Gasteiger partial charge in [-0.3, -0.25) is 9.59 Å². The van der Waals surface area contributed by atoms with Crippen LogP contribution in [-0.4, -0.2) is 63.6 Å². The second-order valence-electron chi connectivity index (χ2n) is 18.6. The van der Waals surface area contributed by atoms with Crippen LogP contribution in [0.15, 0.2) is 182 Å². The van der Waals surface area contributed by atoms with Crippen molar-refractivity contribution < 1.29 is 29.0 Å². The van der Waals surface area contributed by atoms with E-state index in [0.717, 1.165) is 33.4 Å². The number of benzene rings is 6. The number of amides is 2. The van der Waals surface area contributed by atoms with Gasteiger partial charge in [0.2, 0.25) is 5.91 Å². The number of carbonyl (C=O) groups excluding carboxylic acids is 3. The highest BCUT2D eigenvalue weighted by atomic mass is 32.2. The summed E-state index contributed by atoms with van der Waals surface area (Å²) in [5, 5.41) is 17.1. The molecule has 7 rings (SSSR count). The lowest BCUT2D eigenvalue weighted by Gasteiger charge is -2.42. The Balaban J connectivity index is 1.23. The number of nitrogens with one attached hydrogen (secondary N) is 2. The second kappa shape index (κ2) is 21.4. The molecule has 1 unspecified atom stereocenters. The zero-order valence-electron chi connectivity index (χ0n) is 39.1. The van der Waals surface area contributed by atoms with Crippen LogP contribution in [0, 0.1) is 5.41 Å². The Kier molecular flexibility index (Phi) is 15.7. The van der Waals surface area contributed by atoms with Crippen molar-refractivity contribution in [1.82, 2.24) is 10.6 Å². The molecule has 3 atom stereocenters. The highest BCUT2D eigenvalue weighted by molar-refractivity contribution is 8.01. The number of carbonyl (C=O) groups is 4. The molecule has 9 nitrogen and oxygen atoms in total. The third-order valence-electron chi connectivity index (χ3n) is 13.0. The number of Topliss-reactive ketones (excluding diaryl/α,β-unsaturated/α-hetero) is 1. The molecule has 352 valence electrons. The van der Waals surface area contributed by atoms with E-state index < -0.39 is 61.9 Å². The van der Waals surface area contributed by atoms with E-state index in [1.54, 1.807) is 27.7 Å². The van der Waals surface area contributed by atoms with Crippen LogP contribution in [0.25, 0.3) is 0 Å². The first-order valence-corrected chi connectivity index (χ1v) is 25.1. The van der Waals surface area contributed by atoms with Crippen molar-refractivity contribution in [2.75, 3.05) is 11.5 Å². The third kappa shape index (κ3) is 10.5. The number of hydrogen-bond acceptors (Lipinski definition) is 8. The van der Waals surface area contributed by atoms with Crippen LogP contribution in [-0.2, 0) is 28.6 Å². The first-order valence-electron chi connectivity index (χ1n) is 23.1. The van der Waals surface area contributed by atoms with Crippen molar-refractivity contribution in [2.24, 2.45) is 11.1 Å². The fourth-order valence-corrected chi connectivity index (χ4v) is 12.8. The number of carboxylic acids is 1. The molecule has 11 heteroatoms. The van der Waals surface area contributed by atoms with Gasteiger partial charge in [-0.2, -0.15) is 0 Å². The minimum Gasteiger partial charge on any atom is -0.480 e. The van der Waals surface area contributed by atoms with Crippen molar-refractivity contribution >= 4 is 47.3 Å². The number of alkyl carbamates (subject to hydrolysis) is 1. The van der Waals surface area contributed by atoms with E-state index in [0.29, 0.717) is 25.7 Å². The van der Waals surface area contributed by atoms with Crippen molar-refractivity contribution in [3.8, 4) is 0 Å². The van der Waals surface area contributed by atoms with Gasteiger partial charge in [0.15, 0.2) is 11.3 Å². The van der Waals surface area contributed by atoms with E-state index >= 15 is 4.79 Å². The number of ketones is 1. The summed E-state index contributed by atoms with van der Waals surface area (Å²) < 4.78 is 3.95. The zero-order valence-corrected chi connectivity index (χ0v) is 40.7. The Bertz CT molecular complexity index is 2420. The van der Waals surface area contributed by atoms with Gasteiger partial charge in [-0.25, -0.2) is 9.59 Å². The van der Waals surface area contributed by atoms with Gasteiger partial charge in [-0.05, 0) is 73.9 Å². The van der Waals surface area contributed by atoms with Gasteiger partial charge in [-0.1, -0.05) is 195 Å². The lowest BCUT2D eigenvalue weighted by Crippen LogP contribution is -2.66. The van der Waals surface area contributed by atoms with Gasteiger partial charge < -0.3 is 26.2 Å². The van der Waals surface area contributed by atoms with E-state index in [9.17, 15) is 19.5 Å². The van der Waals surface area contributed by atoms with Crippen LogP contribution in [0.2, 0.25) is 0 Å². The van der Waals surface area contributed by atoms with Gasteiger partial charge in [0.25, 0.3) is 0 Å². The molecule has 0 saturated heterocycles. The Labute approximate surface area is 409 Å². The number of ether oxygens (including phenoxy) is 1. The average molecular weight is 948 g/mol. The Morgan fingerprint density at radius 2 is 0.926 bits per heavy atom. The summed E-state index contributed by atoms with van der Waals surface area (Å²) >= 11 is 2.82. The molecule has 1 aliphatic carbocycles. The second-order valence-corrected chi connectivity index (χ2v) is 21.0. The topological polar surface area (TPSA) is 148 Å². The first-order chi connectivity index (χ1) is 32.7. The molecule has 1 fully saturated rings. The fraction of sp³-hybridized carbons (Fsp3) is 0.298. The SMILES string of the molecule is CC(NC(=O)[C@H](CSC(c1ccccc1)(c1ccccc1)c1ccccc1)NC(=O)OC(C)(C)C)C1(C(=O)[C@](N)(CSC(c2ccccc2)(c2ccccc2)c2ccccc2)C(=O)O)CCCC1. The molecule has 0 aromatic heterocycles. The summed E-state index contributed by atoms with van der Waals surface area (Å²) in [6.45, 7) is 7.01. The molecular formula is C57H61N3O6S2. The molecule has 0 aliphatic heterocycles. The predicted octanol–water partition coefficient (Wildman–Crippen LogP) is 10.7. The Morgan fingerprint density at radius 3 is 1.25 bits per heavy atom. The van der Waals surface area contributed by atoms with E-state index in [2.05, 4.69) is 47.0 Å². The number of hydrogen-bond donors (Lipinski definition) is 4. The van der Waals surface area contributed by atoms with Crippen LogP contribution in [0.3, 0.4) is 0 Å². The largest absolute Gasteiger partial charge is 0.480 e. The van der Waals surface area contributed by atoms with Crippen LogP contribution in [0.1, 0.15) is 86.8 Å².